The summed E-state index contributed by atoms with van der Waals surface area (Å²) in [5.41, 5.74) is 6.42. The van der Waals surface area contributed by atoms with Crippen molar-refractivity contribution in [2.24, 2.45) is 5.92 Å². The summed E-state index contributed by atoms with van der Waals surface area (Å²) in [4.78, 5) is 12.7. The molecule has 1 saturated heterocycles. The summed E-state index contributed by atoms with van der Waals surface area (Å²) in [6, 6.07) is 38.6. The first-order valence-corrected chi connectivity index (χ1v) is 16.3. The molecule has 4 atom stereocenters. The second-order valence-corrected chi connectivity index (χ2v) is 12.4. The Morgan fingerprint density at radius 1 is 0.848 bits per heavy atom. The number of thioether (sulfide) groups is 1. The van der Waals surface area contributed by atoms with Crippen LogP contribution in [-0.2, 0) is 22.6 Å². The van der Waals surface area contributed by atoms with Crippen molar-refractivity contribution in [2.75, 3.05) is 5.75 Å². The zero-order chi connectivity index (χ0) is 31.9. The van der Waals surface area contributed by atoms with Crippen LogP contribution in [0.5, 0.6) is 0 Å². The van der Waals surface area contributed by atoms with Gasteiger partial charge >= 0.3 is 0 Å². The van der Waals surface area contributed by atoms with E-state index in [-0.39, 0.29) is 30.6 Å². The van der Waals surface area contributed by atoms with Crippen LogP contribution in [0.1, 0.15) is 51.9 Å². The third-order valence-electron chi connectivity index (χ3n) is 8.29. The van der Waals surface area contributed by atoms with Crippen molar-refractivity contribution in [1.29, 1.82) is 0 Å². The molecule has 0 bridgehead atoms. The smallest absolute Gasteiger partial charge is 0.251 e. The van der Waals surface area contributed by atoms with E-state index in [9.17, 15) is 15.1 Å². The molecule has 46 heavy (non-hydrogen) atoms. The maximum Gasteiger partial charge on any atom is 0.251 e. The summed E-state index contributed by atoms with van der Waals surface area (Å²) in [5, 5.41) is 25.5. The monoisotopic (exact) mass is 632 g/mol. The van der Waals surface area contributed by atoms with E-state index in [1.807, 2.05) is 84.9 Å². The first kappa shape index (κ1) is 31.5. The van der Waals surface area contributed by atoms with E-state index in [4.69, 9.17) is 9.47 Å². The zero-order valence-electron chi connectivity index (χ0n) is 25.5. The summed E-state index contributed by atoms with van der Waals surface area (Å²) in [6.45, 7) is 2.49. The normalized spacial score (nSPS) is 19.4. The van der Waals surface area contributed by atoms with Crippen LogP contribution in [0.15, 0.2) is 133 Å². The van der Waals surface area contributed by atoms with Crippen LogP contribution in [-0.4, -0.2) is 22.9 Å². The lowest BCUT2D eigenvalue weighted by molar-refractivity contribution is -0.645. The van der Waals surface area contributed by atoms with Gasteiger partial charge in [0.1, 0.15) is 0 Å². The van der Waals surface area contributed by atoms with Gasteiger partial charge in [0.15, 0.2) is 12.5 Å². The molecular weight excluding hydrogens is 596 g/mol. The molecule has 2 N–H and O–H groups in total. The minimum atomic E-state index is -0.617. The lowest BCUT2D eigenvalue weighted by Gasteiger charge is -2.41. The predicted molar refractivity (Wildman–Crippen MR) is 179 cm³/mol. The van der Waals surface area contributed by atoms with Gasteiger partial charge in [-0.3, -0.25) is 4.79 Å². The molecule has 6 rings (SSSR count). The highest BCUT2D eigenvalue weighted by atomic mass is 32.2. The Bertz CT molecular complexity index is 1750. The second kappa shape index (κ2) is 14.7. The van der Waals surface area contributed by atoms with Crippen molar-refractivity contribution >= 4 is 17.7 Å². The van der Waals surface area contributed by atoms with Crippen LogP contribution in [0, 0.1) is 11.1 Å². The van der Waals surface area contributed by atoms with Crippen LogP contribution < -0.4 is 10.0 Å². The molecule has 1 amide bonds. The van der Waals surface area contributed by atoms with Gasteiger partial charge in [-0.15, -0.1) is 0 Å². The summed E-state index contributed by atoms with van der Waals surface area (Å²) in [5.74, 6) is 0.473. The number of hydrogen-bond acceptors (Lipinski definition) is 6. The Balaban J connectivity index is 1.21. The number of nitrogens with zero attached hydrogens (tertiary/aromatic N) is 1. The van der Waals surface area contributed by atoms with Crippen molar-refractivity contribution in [3.8, 4) is 11.1 Å². The van der Waals surface area contributed by atoms with Crippen LogP contribution in [0.3, 0.4) is 0 Å². The third-order valence-corrected chi connectivity index (χ3v) is 9.40. The highest BCUT2D eigenvalue weighted by molar-refractivity contribution is 7.99. The number of aliphatic hydroxyl groups excluding tert-OH is 1. The van der Waals surface area contributed by atoms with E-state index in [1.54, 1.807) is 18.2 Å². The van der Waals surface area contributed by atoms with E-state index in [1.165, 1.54) is 18.0 Å². The van der Waals surface area contributed by atoms with E-state index in [0.29, 0.717) is 22.9 Å². The van der Waals surface area contributed by atoms with E-state index in [0.717, 1.165) is 38.1 Å². The SMILES string of the molecule is C[C@@H]1[C@H](CSc2cccc[n+]2[O-])O[C@H](c2ccc(-c3ccccc3CNC(=O)c3ccccc3)cc2)O[C@@H]1c1ccc(CO)cc1. The number of nitrogens with one attached hydrogen (secondary N) is 1. The number of carbonyl (C=O) groups is 1. The van der Waals surface area contributed by atoms with Gasteiger partial charge in [-0.25, -0.2) is 0 Å². The molecule has 0 spiro atoms. The van der Waals surface area contributed by atoms with E-state index >= 15 is 0 Å². The molecule has 5 aromatic rings. The van der Waals surface area contributed by atoms with E-state index < -0.39 is 6.29 Å². The van der Waals surface area contributed by atoms with Crippen LogP contribution >= 0.6 is 11.8 Å². The molecule has 0 aliphatic carbocycles. The lowest BCUT2D eigenvalue weighted by Crippen LogP contribution is -2.39. The van der Waals surface area contributed by atoms with Crippen LogP contribution in [0.25, 0.3) is 11.1 Å². The summed E-state index contributed by atoms with van der Waals surface area (Å²) in [7, 11) is 0. The molecular formula is C38H36N2O5S. The molecule has 7 nitrogen and oxygen atoms in total. The molecule has 2 heterocycles. The average molecular weight is 633 g/mol. The minimum absolute atomic E-state index is 0.00443. The first-order chi connectivity index (χ1) is 22.5. The Hall–Kier alpha value is -4.47. The molecule has 0 saturated carbocycles. The molecule has 234 valence electrons. The zero-order valence-corrected chi connectivity index (χ0v) is 26.3. The number of carbonyl (C=O) groups excluding carboxylic acids is 1. The fourth-order valence-corrected chi connectivity index (χ4v) is 6.72. The average Bonchev–Trinajstić information content (AvgIpc) is 3.11. The highest BCUT2D eigenvalue weighted by Gasteiger charge is 2.38. The van der Waals surface area contributed by atoms with Crippen molar-refractivity contribution in [3.05, 3.63) is 161 Å². The number of aliphatic hydroxyl groups is 1. The molecule has 4 aromatic carbocycles. The van der Waals surface area contributed by atoms with Gasteiger partial charge in [0.05, 0.1) is 18.8 Å². The van der Waals surface area contributed by atoms with Crippen molar-refractivity contribution in [3.63, 3.8) is 0 Å². The van der Waals surface area contributed by atoms with Gasteiger partial charge in [-0.05, 0) is 46.0 Å². The molecule has 0 unspecified atom stereocenters. The third kappa shape index (κ3) is 7.32. The number of benzene rings is 4. The number of ether oxygens (including phenoxy) is 2. The predicted octanol–water partition coefficient (Wildman–Crippen LogP) is 6.99. The van der Waals surface area contributed by atoms with Gasteiger partial charge in [-0.1, -0.05) is 110 Å². The number of amides is 1. The van der Waals surface area contributed by atoms with Gasteiger partial charge in [0, 0.05) is 41.5 Å². The lowest BCUT2D eigenvalue weighted by atomic mass is 9.91. The number of rotatable bonds is 10. The van der Waals surface area contributed by atoms with Gasteiger partial charge in [0.25, 0.3) is 10.9 Å². The fourth-order valence-electron chi connectivity index (χ4n) is 5.64. The molecule has 1 aliphatic rings. The topological polar surface area (TPSA) is 94.7 Å². The summed E-state index contributed by atoms with van der Waals surface area (Å²) < 4.78 is 14.1. The van der Waals surface area contributed by atoms with Gasteiger partial charge in [-0.2, -0.15) is 4.73 Å². The molecule has 1 fully saturated rings. The Kier molecular flexibility index (Phi) is 10.1. The maximum absolute atomic E-state index is 12.7. The van der Waals surface area contributed by atoms with Crippen molar-refractivity contribution in [2.45, 2.75) is 43.6 Å². The Morgan fingerprint density at radius 3 is 2.28 bits per heavy atom. The Morgan fingerprint density at radius 2 is 1.54 bits per heavy atom. The number of hydrogen-bond donors (Lipinski definition) is 2. The minimum Gasteiger partial charge on any atom is -0.618 e. The van der Waals surface area contributed by atoms with E-state index in [2.05, 4.69) is 30.4 Å². The molecule has 1 aromatic heterocycles. The Labute approximate surface area is 273 Å². The van der Waals surface area contributed by atoms with Crippen molar-refractivity contribution in [1.82, 2.24) is 5.32 Å². The second-order valence-electron chi connectivity index (χ2n) is 11.3. The quantitative estimate of drug-likeness (QED) is 0.0979. The van der Waals surface area contributed by atoms with Crippen LogP contribution in [0.4, 0.5) is 0 Å². The largest absolute Gasteiger partial charge is 0.618 e. The first-order valence-electron chi connectivity index (χ1n) is 15.3. The van der Waals surface area contributed by atoms with Crippen molar-refractivity contribution < 1.29 is 24.1 Å². The number of pyridine rings is 1. The molecule has 0 radical (unpaired) electrons. The summed E-state index contributed by atoms with van der Waals surface area (Å²) >= 11 is 1.47. The molecule has 8 heteroatoms. The standard InChI is InChI=1S/C38H36N2O5S/c1-26-34(25-46-35-13-7-8-22-40(35)43)44-38(45-36(26)29-16-14-27(24-41)15-17-29)31-20-18-28(19-21-31)33-12-6-5-11-32(33)23-39-37(42)30-9-3-2-4-10-30/h2-22,26,34,36,38,41H,23-25H2,1H3,(H,39,42)/t26-,34+,36+,38+/m1/s1. The fraction of sp³-hybridized carbons (Fsp3) is 0.211. The highest BCUT2D eigenvalue weighted by Crippen LogP contribution is 2.43. The molecule has 1 aliphatic heterocycles. The summed E-state index contributed by atoms with van der Waals surface area (Å²) in [6.07, 6.45) is 0.442. The van der Waals surface area contributed by atoms with Gasteiger partial charge < -0.3 is 25.1 Å². The maximum atomic E-state index is 12.7. The number of aromatic nitrogens is 1. The van der Waals surface area contributed by atoms with Crippen LogP contribution in [0.2, 0.25) is 0 Å². The van der Waals surface area contributed by atoms with Gasteiger partial charge in [0.2, 0.25) is 0 Å².